The summed E-state index contributed by atoms with van der Waals surface area (Å²) in [4.78, 5) is 3.68. The van der Waals surface area contributed by atoms with Gasteiger partial charge in [-0.15, -0.1) is 11.6 Å². The maximum atomic E-state index is 13.0. The fourth-order valence-electron chi connectivity index (χ4n) is 1.12. The zero-order valence-electron chi connectivity index (χ0n) is 7.63. The molecule has 13 heavy (non-hydrogen) atoms. The van der Waals surface area contributed by atoms with Gasteiger partial charge < -0.3 is 0 Å². The predicted octanol–water partition coefficient (Wildman–Crippen LogP) is 3.17. The third kappa shape index (κ3) is 3.31. The molecular weight excluding hydrogens is 189 g/mol. The summed E-state index contributed by atoms with van der Waals surface area (Å²) in [5.41, 5.74) is 0.703. The lowest BCUT2D eigenvalue weighted by atomic mass is 10.1. The van der Waals surface area contributed by atoms with Crippen molar-refractivity contribution in [1.82, 2.24) is 4.98 Å². The van der Waals surface area contributed by atoms with E-state index in [1.807, 2.05) is 6.92 Å². The van der Waals surface area contributed by atoms with E-state index in [0.29, 0.717) is 12.0 Å². The third-order valence-corrected chi connectivity index (χ3v) is 2.55. The molecule has 0 bridgehead atoms. The van der Waals surface area contributed by atoms with Gasteiger partial charge in [0.15, 0.2) is 0 Å². The average molecular weight is 202 g/mol. The van der Waals surface area contributed by atoms with Crippen LogP contribution in [0.4, 0.5) is 4.39 Å². The Bertz CT molecular complexity index is 265. The van der Waals surface area contributed by atoms with Gasteiger partial charge in [0.1, 0.15) is 5.82 Å². The Morgan fingerprint density at radius 2 is 2.38 bits per heavy atom. The molecule has 0 aliphatic rings. The molecule has 0 aromatic carbocycles. The van der Waals surface area contributed by atoms with Crippen LogP contribution in [0, 0.1) is 5.82 Å². The Morgan fingerprint density at radius 1 is 1.62 bits per heavy atom. The van der Waals surface area contributed by atoms with Crippen LogP contribution in [-0.4, -0.2) is 10.4 Å². The van der Waals surface area contributed by atoms with Gasteiger partial charge in [-0.05, 0) is 30.9 Å². The Morgan fingerprint density at radius 3 is 3.00 bits per heavy atom. The number of pyridine rings is 1. The molecule has 0 aliphatic carbocycles. The van der Waals surface area contributed by atoms with Crippen molar-refractivity contribution < 1.29 is 4.39 Å². The Balaban J connectivity index is 2.50. The van der Waals surface area contributed by atoms with Gasteiger partial charge in [-0.3, -0.25) is 4.98 Å². The van der Waals surface area contributed by atoms with E-state index in [9.17, 15) is 4.39 Å². The zero-order chi connectivity index (χ0) is 9.68. The Hall–Kier alpha value is -0.630. The molecule has 1 aromatic heterocycles. The maximum absolute atomic E-state index is 13.0. The molecule has 1 aromatic rings. The molecule has 1 nitrogen and oxygen atoms in total. The van der Waals surface area contributed by atoms with Crippen molar-refractivity contribution in [2.75, 3.05) is 0 Å². The molecule has 3 heteroatoms. The molecule has 0 saturated heterocycles. The first-order valence-corrected chi connectivity index (χ1v) is 4.90. The topological polar surface area (TPSA) is 12.9 Å². The van der Waals surface area contributed by atoms with Gasteiger partial charge >= 0.3 is 0 Å². The van der Waals surface area contributed by atoms with Gasteiger partial charge in [-0.25, -0.2) is 4.39 Å². The minimum Gasteiger partial charge on any atom is -0.262 e. The molecule has 72 valence electrons. The number of hydrogen-bond acceptors (Lipinski definition) is 1. The summed E-state index contributed by atoms with van der Waals surface area (Å²) in [6.07, 6.45) is 5.28. The van der Waals surface area contributed by atoms with Crippen molar-refractivity contribution in [2.24, 2.45) is 0 Å². The van der Waals surface area contributed by atoms with Crippen LogP contribution < -0.4 is 0 Å². The molecule has 1 unspecified atom stereocenters. The van der Waals surface area contributed by atoms with Gasteiger partial charge in [0.2, 0.25) is 0 Å². The largest absolute Gasteiger partial charge is 0.262 e. The van der Waals surface area contributed by atoms with E-state index in [1.54, 1.807) is 12.3 Å². The third-order valence-electron chi connectivity index (χ3n) is 2.03. The highest BCUT2D eigenvalue weighted by molar-refractivity contribution is 6.20. The van der Waals surface area contributed by atoms with Crippen LogP contribution in [0.5, 0.6) is 0 Å². The summed E-state index contributed by atoms with van der Waals surface area (Å²) in [5, 5.41) is 0.146. The number of halogens is 2. The summed E-state index contributed by atoms with van der Waals surface area (Å²) >= 11 is 5.93. The van der Waals surface area contributed by atoms with Crippen LogP contribution >= 0.6 is 11.6 Å². The van der Waals surface area contributed by atoms with Crippen molar-refractivity contribution in [3.05, 3.63) is 29.8 Å². The van der Waals surface area contributed by atoms with E-state index < -0.39 is 0 Å². The predicted molar refractivity (Wildman–Crippen MR) is 52.4 cm³/mol. The van der Waals surface area contributed by atoms with Crippen LogP contribution in [0.15, 0.2) is 18.5 Å². The summed E-state index contributed by atoms with van der Waals surface area (Å²) in [6.45, 7) is 2.03. The standard InChI is InChI=1S/C10H13ClFN/c1-2-9(11)4-3-8-5-6-13-7-10(8)12/h5-7,9H,2-4H2,1H3. The smallest absolute Gasteiger partial charge is 0.144 e. The first kappa shape index (κ1) is 10.5. The van der Waals surface area contributed by atoms with E-state index in [1.165, 1.54) is 6.20 Å². The van der Waals surface area contributed by atoms with Crippen LogP contribution in [0.25, 0.3) is 0 Å². The van der Waals surface area contributed by atoms with Crippen LogP contribution in [0.1, 0.15) is 25.3 Å². The van der Waals surface area contributed by atoms with Crippen molar-refractivity contribution in [2.45, 2.75) is 31.6 Å². The van der Waals surface area contributed by atoms with Gasteiger partial charge in [0.25, 0.3) is 0 Å². The molecule has 1 heterocycles. The quantitative estimate of drug-likeness (QED) is 0.682. The lowest BCUT2D eigenvalue weighted by Crippen LogP contribution is -2.00. The Labute approximate surface area is 82.9 Å². The fourth-order valence-corrected chi connectivity index (χ4v) is 1.23. The van der Waals surface area contributed by atoms with Crippen molar-refractivity contribution in [3.63, 3.8) is 0 Å². The van der Waals surface area contributed by atoms with Crippen molar-refractivity contribution >= 4 is 11.6 Å². The average Bonchev–Trinajstić information content (AvgIpc) is 2.16. The normalized spacial score (nSPS) is 12.8. The first-order valence-electron chi connectivity index (χ1n) is 4.46. The van der Waals surface area contributed by atoms with Gasteiger partial charge in [-0.2, -0.15) is 0 Å². The summed E-state index contributed by atoms with van der Waals surface area (Å²) in [6, 6.07) is 1.70. The zero-order valence-corrected chi connectivity index (χ0v) is 8.39. The van der Waals surface area contributed by atoms with Crippen LogP contribution in [0.3, 0.4) is 0 Å². The molecule has 1 atom stereocenters. The SMILES string of the molecule is CCC(Cl)CCc1ccncc1F. The second kappa shape index (κ2) is 5.18. The maximum Gasteiger partial charge on any atom is 0.144 e. The second-order valence-electron chi connectivity index (χ2n) is 3.01. The van der Waals surface area contributed by atoms with Crippen LogP contribution in [0.2, 0.25) is 0 Å². The lowest BCUT2D eigenvalue weighted by molar-refractivity contribution is 0.594. The Kier molecular flexibility index (Phi) is 4.16. The second-order valence-corrected chi connectivity index (χ2v) is 3.63. The summed E-state index contributed by atoms with van der Waals surface area (Å²) < 4.78 is 13.0. The molecule has 1 rings (SSSR count). The van der Waals surface area contributed by atoms with Crippen molar-refractivity contribution in [1.29, 1.82) is 0 Å². The molecule has 0 spiro atoms. The highest BCUT2D eigenvalue weighted by Crippen LogP contribution is 2.13. The number of aryl methyl sites for hydroxylation is 1. The molecule has 0 amide bonds. The molecule has 0 N–H and O–H groups in total. The number of rotatable bonds is 4. The summed E-state index contributed by atoms with van der Waals surface area (Å²) in [5.74, 6) is -0.234. The van der Waals surface area contributed by atoms with Gasteiger partial charge in [-0.1, -0.05) is 6.92 Å². The van der Waals surface area contributed by atoms with E-state index in [2.05, 4.69) is 4.98 Å². The van der Waals surface area contributed by atoms with E-state index in [-0.39, 0.29) is 11.2 Å². The van der Waals surface area contributed by atoms with E-state index >= 15 is 0 Å². The van der Waals surface area contributed by atoms with Crippen LogP contribution in [-0.2, 0) is 6.42 Å². The molecular formula is C10H13ClFN. The summed E-state index contributed by atoms with van der Waals surface area (Å²) in [7, 11) is 0. The number of aromatic nitrogens is 1. The molecule has 0 aliphatic heterocycles. The van der Waals surface area contributed by atoms with Gasteiger partial charge in [0.05, 0.1) is 6.20 Å². The first-order chi connectivity index (χ1) is 6.24. The molecule has 0 radical (unpaired) electrons. The monoisotopic (exact) mass is 201 g/mol. The number of hydrogen-bond donors (Lipinski definition) is 0. The van der Waals surface area contributed by atoms with Gasteiger partial charge in [0, 0.05) is 11.6 Å². The highest BCUT2D eigenvalue weighted by Gasteiger charge is 2.05. The van der Waals surface area contributed by atoms with E-state index in [4.69, 9.17) is 11.6 Å². The number of alkyl halides is 1. The highest BCUT2D eigenvalue weighted by atomic mass is 35.5. The van der Waals surface area contributed by atoms with Crippen molar-refractivity contribution in [3.8, 4) is 0 Å². The minimum atomic E-state index is -0.234. The minimum absolute atomic E-state index is 0.146. The lowest BCUT2D eigenvalue weighted by Gasteiger charge is -2.06. The fraction of sp³-hybridized carbons (Fsp3) is 0.500. The molecule has 0 fully saturated rings. The van der Waals surface area contributed by atoms with E-state index in [0.717, 1.165) is 12.8 Å². The molecule has 0 saturated carbocycles. The number of nitrogens with zero attached hydrogens (tertiary/aromatic N) is 1.